The fourth-order valence-electron chi connectivity index (χ4n) is 2.47. The van der Waals surface area contributed by atoms with Gasteiger partial charge in [0.15, 0.2) is 0 Å². The molecular weight excluding hydrogens is 405 g/mol. The highest BCUT2D eigenvalue weighted by molar-refractivity contribution is 6.31. The second-order valence-corrected chi connectivity index (χ2v) is 6.83. The number of halogens is 2. The predicted molar refractivity (Wildman–Crippen MR) is 107 cm³/mol. The van der Waals surface area contributed by atoms with Crippen LogP contribution in [0.3, 0.4) is 0 Å². The number of nitrogens with zero attached hydrogens (tertiary/aromatic N) is 3. The molecule has 4 N–H and O–H groups in total. The Morgan fingerprint density at radius 2 is 1.68 bits per heavy atom. The van der Waals surface area contributed by atoms with Crippen LogP contribution in [-0.4, -0.2) is 45.5 Å². The zero-order valence-corrected chi connectivity index (χ0v) is 16.6. The van der Waals surface area contributed by atoms with Crippen LogP contribution in [0.2, 0.25) is 10.2 Å². The lowest BCUT2D eigenvalue weighted by molar-refractivity contribution is -0.134. The maximum atomic E-state index is 12.3. The van der Waals surface area contributed by atoms with Crippen LogP contribution in [0.4, 0.5) is 0 Å². The van der Waals surface area contributed by atoms with Crippen molar-refractivity contribution in [1.29, 1.82) is 0 Å². The third-order valence-electron chi connectivity index (χ3n) is 3.75. The van der Waals surface area contributed by atoms with E-state index in [9.17, 15) is 14.4 Å². The number of carbonyl (C=O) groups is 3. The van der Waals surface area contributed by atoms with Crippen molar-refractivity contribution < 1.29 is 14.4 Å². The first-order chi connectivity index (χ1) is 13.2. The van der Waals surface area contributed by atoms with Gasteiger partial charge in [0.1, 0.15) is 18.2 Å². The SMILES string of the molecule is Cc1nn(Cc2ccc(Cl)cc2)c(Cl)c1C=CC(=O)N(CC(N)=O)CC(N)=O. The van der Waals surface area contributed by atoms with E-state index in [1.54, 1.807) is 23.7 Å². The van der Waals surface area contributed by atoms with Crippen LogP contribution in [0, 0.1) is 6.92 Å². The first kappa shape index (κ1) is 21.5. The smallest absolute Gasteiger partial charge is 0.247 e. The fourth-order valence-corrected chi connectivity index (χ4v) is 2.90. The predicted octanol–water partition coefficient (Wildman–Crippen LogP) is 1.36. The van der Waals surface area contributed by atoms with Crippen molar-refractivity contribution in [3.8, 4) is 0 Å². The second kappa shape index (κ2) is 9.38. The minimum absolute atomic E-state index is 0.341. The molecule has 0 atom stereocenters. The van der Waals surface area contributed by atoms with Crippen LogP contribution >= 0.6 is 23.2 Å². The number of amides is 3. The van der Waals surface area contributed by atoms with Gasteiger partial charge < -0.3 is 16.4 Å². The molecule has 0 aliphatic heterocycles. The molecule has 0 aliphatic rings. The van der Waals surface area contributed by atoms with Crippen molar-refractivity contribution in [1.82, 2.24) is 14.7 Å². The van der Waals surface area contributed by atoms with Crippen molar-refractivity contribution in [2.75, 3.05) is 13.1 Å². The fraction of sp³-hybridized carbons (Fsp3) is 0.222. The Morgan fingerprint density at radius 3 is 2.21 bits per heavy atom. The molecule has 2 rings (SSSR count). The number of aryl methyl sites for hydroxylation is 1. The Bertz CT molecular complexity index is 906. The van der Waals surface area contributed by atoms with Crippen LogP contribution in [0.5, 0.6) is 0 Å². The minimum atomic E-state index is -0.756. The molecule has 0 saturated heterocycles. The summed E-state index contributed by atoms with van der Waals surface area (Å²) in [6, 6.07) is 7.26. The molecule has 0 aliphatic carbocycles. The largest absolute Gasteiger partial charge is 0.368 e. The Morgan fingerprint density at radius 1 is 1.11 bits per heavy atom. The van der Waals surface area contributed by atoms with Gasteiger partial charge in [-0.1, -0.05) is 35.3 Å². The van der Waals surface area contributed by atoms with E-state index >= 15 is 0 Å². The average molecular weight is 424 g/mol. The summed E-state index contributed by atoms with van der Waals surface area (Å²) in [5.41, 5.74) is 12.3. The molecule has 1 aromatic heterocycles. The van der Waals surface area contributed by atoms with E-state index in [0.717, 1.165) is 10.5 Å². The van der Waals surface area contributed by atoms with E-state index in [0.29, 0.717) is 28.0 Å². The Balaban J connectivity index is 2.19. The molecule has 8 nitrogen and oxygen atoms in total. The summed E-state index contributed by atoms with van der Waals surface area (Å²) in [4.78, 5) is 35.4. The molecule has 1 heterocycles. The molecule has 2 aromatic rings. The average Bonchev–Trinajstić information content (AvgIpc) is 2.87. The lowest BCUT2D eigenvalue weighted by Crippen LogP contribution is -2.42. The van der Waals surface area contributed by atoms with Crippen molar-refractivity contribution in [2.45, 2.75) is 13.5 Å². The summed E-state index contributed by atoms with van der Waals surface area (Å²) < 4.78 is 1.59. The van der Waals surface area contributed by atoms with Gasteiger partial charge in [0.2, 0.25) is 17.7 Å². The van der Waals surface area contributed by atoms with Gasteiger partial charge >= 0.3 is 0 Å². The molecule has 0 radical (unpaired) electrons. The molecule has 148 valence electrons. The highest BCUT2D eigenvalue weighted by atomic mass is 35.5. The third-order valence-corrected chi connectivity index (χ3v) is 4.40. The first-order valence-electron chi connectivity index (χ1n) is 8.18. The van der Waals surface area contributed by atoms with Gasteiger partial charge in [0, 0.05) is 16.7 Å². The Labute approximate surface area is 171 Å². The van der Waals surface area contributed by atoms with E-state index in [2.05, 4.69) is 5.10 Å². The van der Waals surface area contributed by atoms with E-state index in [1.807, 2.05) is 12.1 Å². The third kappa shape index (κ3) is 5.83. The first-order valence-corrected chi connectivity index (χ1v) is 8.94. The number of hydrogen-bond acceptors (Lipinski definition) is 4. The number of benzene rings is 1. The van der Waals surface area contributed by atoms with Crippen LogP contribution in [0.15, 0.2) is 30.3 Å². The summed E-state index contributed by atoms with van der Waals surface area (Å²) >= 11 is 12.3. The number of hydrogen-bond donors (Lipinski definition) is 2. The minimum Gasteiger partial charge on any atom is -0.368 e. The van der Waals surface area contributed by atoms with Crippen molar-refractivity contribution in [3.63, 3.8) is 0 Å². The molecule has 0 spiro atoms. The maximum Gasteiger partial charge on any atom is 0.247 e. The number of rotatable bonds is 8. The number of primary amides is 2. The summed E-state index contributed by atoms with van der Waals surface area (Å²) in [5, 5.41) is 5.35. The number of carbonyl (C=O) groups excluding carboxylic acids is 3. The van der Waals surface area contributed by atoms with Gasteiger partial charge in [0.05, 0.1) is 12.2 Å². The van der Waals surface area contributed by atoms with Gasteiger partial charge in [-0.25, -0.2) is 4.68 Å². The molecule has 3 amide bonds. The molecular formula is C18H19Cl2N5O3. The Hall–Kier alpha value is -2.84. The zero-order chi connectivity index (χ0) is 20.8. The Kier molecular flexibility index (Phi) is 7.19. The molecule has 0 saturated carbocycles. The van der Waals surface area contributed by atoms with Gasteiger partial charge in [-0.05, 0) is 30.7 Å². The van der Waals surface area contributed by atoms with Crippen LogP contribution in [0.1, 0.15) is 16.8 Å². The van der Waals surface area contributed by atoms with E-state index in [4.69, 9.17) is 34.7 Å². The van der Waals surface area contributed by atoms with Gasteiger partial charge in [-0.2, -0.15) is 5.10 Å². The van der Waals surface area contributed by atoms with Crippen LogP contribution in [-0.2, 0) is 20.9 Å². The summed E-state index contributed by atoms with van der Waals surface area (Å²) in [7, 11) is 0. The van der Waals surface area contributed by atoms with Gasteiger partial charge in [-0.3, -0.25) is 14.4 Å². The topological polar surface area (TPSA) is 124 Å². The molecule has 28 heavy (non-hydrogen) atoms. The molecule has 0 bridgehead atoms. The van der Waals surface area contributed by atoms with E-state index < -0.39 is 30.8 Å². The zero-order valence-electron chi connectivity index (χ0n) is 15.1. The van der Waals surface area contributed by atoms with E-state index in [1.165, 1.54) is 12.2 Å². The number of nitrogens with two attached hydrogens (primary N) is 2. The van der Waals surface area contributed by atoms with Crippen LogP contribution < -0.4 is 11.5 Å². The van der Waals surface area contributed by atoms with Crippen molar-refractivity contribution >= 4 is 47.0 Å². The lowest BCUT2D eigenvalue weighted by Gasteiger charge is -2.17. The van der Waals surface area contributed by atoms with E-state index in [-0.39, 0.29) is 0 Å². The quantitative estimate of drug-likeness (QED) is 0.621. The molecule has 0 fully saturated rings. The summed E-state index contributed by atoms with van der Waals surface area (Å²) in [6.07, 6.45) is 2.66. The van der Waals surface area contributed by atoms with Gasteiger partial charge in [-0.15, -0.1) is 0 Å². The lowest BCUT2D eigenvalue weighted by atomic mass is 10.2. The van der Waals surface area contributed by atoms with Crippen molar-refractivity contribution in [2.24, 2.45) is 11.5 Å². The molecule has 0 unspecified atom stereocenters. The normalized spacial score (nSPS) is 11.0. The number of aromatic nitrogens is 2. The van der Waals surface area contributed by atoms with Crippen LogP contribution in [0.25, 0.3) is 6.08 Å². The molecule has 1 aromatic carbocycles. The maximum absolute atomic E-state index is 12.3. The highest BCUT2D eigenvalue weighted by Crippen LogP contribution is 2.23. The van der Waals surface area contributed by atoms with Crippen molar-refractivity contribution in [3.05, 3.63) is 57.3 Å². The second-order valence-electron chi connectivity index (χ2n) is 6.03. The highest BCUT2D eigenvalue weighted by Gasteiger charge is 2.17. The monoisotopic (exact) mass is 423 g/mol. The standard InChI is InChI=1S/C18H19Cl2N5O3/c1-11-14(6-7-17(28)24(9-15(21)26)10-16(22)27)18(20)25(23-11)8-12-2-4-13(19)5-3-12/h2-7H,8-10H2,1H3,(H2,21,26)(H2,22,27). The van der Waals surface area contributed by atoms with Gasteiger partial charge in [0.25, 0.3) is 0 Å². The summed E-state index contributed by atoms with van der Waals surface area (Å²) in [5.74, 6) is -2.11. The summed E-state index contributed by atoms with van der Waals surface area (Å²) in [6.45, 7) is 1.33. The molecule has 10 heteroatoms.